The summed E-state index contributed by atoms with van der Waals surface area (Å²) in [5.41, 5.74) is 0.790. The number of rotatable bonds is 8. The number of fused-ring (bicyclic) bond motifs is 1. The quantitative estimate of drug-likeness (QED) is 0.262. The molecule has 0 saturated heterocycles. The third-order valence-corrected chi connectivity index (χ3v) is 4.99. The number of benzene rings is 3. The zero-order valence-electron chi connectivity index (χ0n) is 17.7. The van der Waals surface area contributed by atoms with Crippen LogP contribution in [-0.4, -0.2) is 6.61 Å². The van der Waals surface area contributed by atoms with Gasteiger partial charge in [0.2, 0.25) is 0 Å². The van der Waals surface area contributed by atoms with Crippen LogP contribution in [0.15, 0.2) is 78.9 Å². The van der Waals surface area contributed by atoms with E-state index < -0.39 is 11.7 Å². The first kappa shape index (κ1) is 22.4. The molecule has 31 heavy (non-hydrogen) atoms. The van der Waals surface area contributed by atoms with E-state index in [2.05, 4.69) is 0 Å². The maximum absolute atomic E-state index is 14.8. The summed E-state index contributed by atoms with van der Waals surface area (Å²) in [4.78, 5) is 0. The van der Waals surface area contributed by atoms with Gasteiger partial charge in [-0.1, -0.05) is 48.6 Å². The fourth-order valence-corrected chi connectivity index (χ4v) is 3.26. The molecule has 0 aliphatic rings. The number of aryl methyl sites for hydroxylation is 1. The average Bonchev–Trinajstić information content (AvgIpc) is 2.80. The fraction of sp³-hybridized carbons (Fsp3) is 0.185. The molecule has 160 valence electrons. The predicted molar refractivity (Wildman–Crippen MR) is 123 cm³/mol. The third-order valence-electron chi connectivity index (χ3n) is 4.99. The van der Waals surface area contributed by atoms with Crippen LogP contribution in [0.25, 0.3) is 22.4 Å². The van der Waals surface area contributed by atoms with Crippen LogP contribution in [0.4, 0.5) is 13.2 Å². The minimum absolute atomic E-state index is 0.0690. The second-order valence-corrected chi connectivity index (χ2v) is 7.11. The zero-order chi connectivity index (χ0) is 22.2. The van der Waals surface area contributed by atoms with E-state index in [4.69, 9.17) is 4.74 Å². The molecule has 0 bridgehead atoms. The lowest BCUT2D eigenvalue weighted by atomic mass is 10.00. The highest BCUT2D eigenvalue weighted by Gasteiger charge is 2.14. The molecule has 0 aliphatic heterocycles. The molecular weight excluding hydrogens is 397 g/mol. The molecule has 0 N–H and O–H groups in total. The molecule has 0 saturated carbocycles. The van der Waals surface area contributed by atoms with Crippen molar-refractivity contribution >= 4 is 22.4 Å². The van der Waals surface area contributed by atoms with Gasteiger partial charge in [0.05, 0.1) is 0 Å². The van der Waals surface area contributed by atoms with Crippen molar-refractivity contribution in [2.75, 3.05) is 6.61 Å². The van der Waals surface area contributed by atoms with Crippen molar-refractivity contribution in [2.45, 2.75) is 26.7 Å². The van der Waals surface area contributed by atoms with Gasteiger partial charge in [0.15, 0.2) is 11.7 Å². The van der Waals surface area contributed by atoms with Crippen molar-refractivity contribution in [1.82, 2.24) is 0 Å². The van der Waals surface area contributed by atoms with Crippen LogP contribution in [0.5, 0.6) is 5.75 Å². The zero-order valence-corrected chi connectivity index (χ0v) is 17.7. The largest absolute Gasteiger partial charge is 0.490 e. The molecule has 0 radical (unpaired) electrons. The second-order valence-electron chi connectivity index (χ2n) is 7.11. The van der Waals surface area contributed by atoms with Crippen molar-refractivity contribution < 1.29 is 17.9 Å². The number of hydrogen-bond donors (Lipinski definition) is 0. The summed E-state index contributed by atoms with van der Waals surface area (Å²) < 4.78 is 49.8. The van der Waals surface area contributed by atoms with Gasteiger partial charge in [-0.25, -0.2) is 13.2 Å². The van der Waals surface area contributed by atoms with Gasteiger partial charge in [0.1, 0.15) is 18.2 Å². The molecule has 0 fully saturated rings. The summed E-state index contributed by atoms with van der Waals surface area (Å²) in [6, 6.07) is 14.0. The molecule has 0 aliphatic carbocycles. The van der Waals surface area contributed by atoms with Gasteiger partial charge in [-0.15, -0.1) is 0 Å². The highest BCUT2D eigenvalue weighted by molar-refractivity contribution is 5.90. The van der Waals surface area contributed by atoms with E-state index in [1.54, 1.807) is 24.3 Å². The van der Waals surface area contributed by atoms with E-state index in [9.17, 15) is 13.2 Å². The summed E-state index contributed by atoms with van der Waals surface area (Å²) in [6.45, 7) is 4.22. The second kappa shape index (κ2) is 10.7. The van der Waals surface area contributed by atoms with Crippen LogP contribution < -0.4 is 4.74 Å². The van der Waals surface area contributed by atoms with Gasteiger partial charge in [-0.2, -0.15) is 0 Å². The summed E-state index contributed by atoms with van der Waals surface area (Å²) in [5, 5.41) is 0.929. The first-order valence-electron chi connectivity index (χ1n) is 10.3. The Hall–Kier alpha value is -3.27. The Labute approximate surface area is 181 Å². The lowest BCUT2D eigenvalue weighted by Gasteiger charge is -2.08. The van der Waals surface area contributed by atoms with Crippen LogP contribution in [0.1, 0.15) is 37.0 Å². The van der Waals surface area contributed by atoms with Crippen molar-refractivity contribution in [3.63, 3.8) is 0 Å². The maximum atomic E-state index is 14.8. The van der Waals surface area contributed by atoms with Gasteiger partial charge in [-0.3, -0.25) is 0 Å². The molecule has 3 aromatic carbocycles. The SMILES string of the molecule is CC=CCOc1ccc(C(F)=C(F)c2ccc3c(F)c(CC/C=C/C)ccc3c2)cc1. The van der Waals surface area contributed by atoms with Crippen molar-refractivity contribution in [3.8, 4) is 5.75 Å². The van der Waals surface area contributed by atoms with Gasteiger partial charge < -0.3 is 4.74 Å². The Morgan fingerprint density at radius 2 is 1.52 bits per heavy atom. The van der Waals surface area contributed by atoms with Crippen molar-refractivity contribution in [1.29, 1.82) is 0 Å². The van der Waals surface area contributed by atoms with Crippen LogP contribution in [-0.2, 0) is 6.42 Å². The molecule has 0 amide bonds. The normalized spacial score (nSPS) is 12.7. The van der Waals surface area contributed by atoms with E-state index in [-0.39, 0.29) is 16.9 Å². The summed E-state index contributed by atoms with van der Waals surface area (Å²) >= 11 is 0. The van der Waals surface area contributed by atoms with Crippen molar-refractivity contribution in [3.05, 3.63) is 101 Å². The minimum Gasteiger partial charge on any atom is -0.490 e. The topological polar surface area (TPSA) is 9.23 Å². The van der Waals surface area contributed by atoms with Crippen LogP contribution >= 0.6 is 0 Å². The number of halogens is 3. The Morgan fingerprint density at radius 3 is 2.23 bits per heavy atom. The van der Waals surface area contributed by atoms with E-state index in [0.717, 1.165) is 6.42 Å². The number of allylic oxidation sites excluding steroid dienone is 3. The molecule has 0 spiro atoms. The average molecular weight is 422 g/mol. The fourth-order valence-electron chi connectivity index (χ4n) is 3.26. The predicted octanol–water partition coefficient (Wildman–Crippen LogP) is 8.21. The van der Waals surface area contributed by atoms with E-state index >= 15 is 0 Å². The maximum Gasteiger partial charge on any atom is 0.166 e. The molecule has 0 aromatic heterocycles. The molecule has 0 unspecified atom stereocenters. The van der Waals surface area contributed by atoms with Crippen molar-refractivity contribution in [2.24, 2.45) is 0 Å². The third kappa shape index (κ3) is 5.46. The van der Waals surface area contributed by atoms with Gasteiger partial charge in [0.25, 0.3) is 0 Å². The number of ether oxygens (including phenoxy) is 1. The first-order chi connectivity index (χ1) is 15.0. The summed E-state index contributed by atoms with van der Waals surface area (Å²) in [6.07, 6.45) is 8.97. The molecule has 0 heterocycles. The van der Waals surface area contributed by atoms with Crippen LogP contribution in [0.2, 0.25) is 0 Å². The Morgan fingerprint density at radius 1 is 0.839 bits per heavy atom. The Kier molecular flexibility index (Phi) is 7.71. The molecule has 4 heteroatoms. The van der Waals surface area contributed by atoms with Gasteiger partial charge in [0, 0.05) is 16.5 Å². The highest BCUT2D eigenvalue weighted by Crippen LogP contribution is 2.32. The molecule has 3 aromatic rings. The first-order valence-corrected chi connectivity index (χ1v) is 10.3. The summed E-state index contributed by atoms with van der Waals surface area (Å²) in [5.74, 6) is -1.70. The van der Waals surface area contributed by atoms with Gasteiger partial charge in [-0.05, 0) is 68.0 Å². The smallest absolute Gasteiger partial charge is 0.166 e. The Bertz CT molecular complexity index is 1130. The van der Waals surface area contributed by atoms with E-state index in [0.29, 0.717) is 35.1 Å². The monoisotopic (exact) mass is 422 g/mol. The molecule has 3 rings (SSSR count). The lowest BCUT2D eigenvalue weighted by Crippen LogP contribution is -1.93. The van der Waals surface area contributed by atoms with Crippen LogP contribution in [0.3, 0.4) is 0 Å². The minimum atomic E-state index is -0.984. The summed E-state index contributed by atoms with van der Waals surface area (Å²) in [7, 11) is 0. The number of hydrogen-bond acceptors (Lipinski definition) is 1. The van der Waals surface area contributed by atoms with E-state index in [1.807, 2.05) is 38.2 Å². The molecule has 1 nitrogen and oxygen atoms in total. The Balaban J connectivity index is 1.85. The van der Waals surface area contributed by atoms with Gasteiger partial charge >= 0.3 is 0 Å². The van der Waals surface area contributed by atoms with Crippen LogP contribution in [0, 0.1) is 5.82 Å². The van der Waals surface area contributed by atoms with E-state index in [1.165, 1.54) is 30.3 Å². The standard InChI is InChI=1S/C27H25F3O/c1-3-5-7-8-19-9-10-21-18-22(13-16-24(21)25(19)28)27(30)26(29)20-11-14-23(15-12-20)31-17-6-4-2/h3-6,9-16,18H,7-8,17H2,1-2H3/b5-3+,6-4?,27-26?. The molecule has 0 atom stereocenters. The lowest BCUT2D eigenvalue weighted by molar-refractivity contribution is 0.362. The molecular formula is C27H25F3O. The highest BCUT2D eigenvalue weighted by atomic mass is 19.2.